The van der Waals surface area contributed by atoms with Crippen LogP contribution in [0.4, 0.5) is 5.69 Å². The molecule has 8 nitrogen and oxygen atoms in total. The predicted octanol–water partition coefficient (Wildman–Crippen LogP) is 4.48. The van der Waals surface area contributed by atoms with Crippen LogP contribution in [0.15, 0.2) is 43.5 Å². The van der Waals surface area contributed by atoms with Crippen LogP contribution in [0, 0.1) is 5.41 Å². The fourth-order valence-electron chi connectivity index (χ4n) is 3.87. The van der Waals surface area contributed by atoms with Crippen LogP contribution in [0.25, 0.3) is 0 Å². The molecule has 2 aliphatic rings. The third-order valence-electron chi connectivity index (χ3n) is 6.02. The highest BCUT2D eigenvalue weighted by molar-refractivity contribution is 6.25. The number of carbonyl (C=O) groups excluding carboxylic acids is 4. The Labute approximate surface area is 214 Å². The van der Waals surface area contributed by atoms with Gasteiger partial charge in [0.15, 0.2) is 0 Å². The van der Waals surface area contributed by atoms with Crippen LogP contribution < -0.4 is 10.6 Å². The summed E-state index contributed by atoms with van der Waals surface area (Å²) in [5.41, 5.74) is 0.967. The lowest BCUT2D eigenvalue weighted by atomic mass is 9.93. The molecule has 8 heteroatoms. The van der Waals surface area contributed by atoms with Gasteiger partial charge < -0.3 is 10.1 Å². The molecule has 0 spiro atoms. The molecule has 1 atom stereocenters. The zero-order chi connectivity index (χ0) is 27.1. The molecule has 0 radical (unpaired) electrons. The molecule has 2 aliphatic heterocycles. The predicted molar refractivity (Wildman–Crippen MR) is 141 cm³/mol. The summed E-state index contributed by atoms with van der Waals surface area (Å²) in [5.74, 6) is -2.02. The van der Waals surface area contributed by atoms with Gasteiger partial charge in [-0.2, -0.15) is 0 Å². The van der Waals surface area contributed by atoms with E-state index < -0.39 is 29.7 Å². The maximum Gasteiger partial charge on any atom is 0.264 e. The number of nitrogens with zero attached hydrogens (tertiary/aromatic N) is 1. The van der Waals surface area contributed by atoms with E-state index in [-0.39, 0.29) is 35.0 Å². The third-order valence-corrected chi connectivity index (χ3v) is 6.02. The van der Waals surface area contributed by atoms with Crippen molar-refractivity contribution in [3.63, 3.8) is 0 Å². The quantitative estimate of drug-likeness (QED) is 0.385. The maximum absolute atomic E-state index is 13.1. The Balaban J connectivity index is 0.00000106. The number of carbonyl (C=O) groups is 4. The van der Waals surface area contributed by atoms with Crippen molar-refractivity contribution in [1.29, 1.82) is 0 Å². The molecule has 1 saturated heterocycles. The number of rotatable bonds is 9. The molecule has 2 N–H and O–H groups in total. The minimum absolute atomic E-state index is 0.0964. The van der Waals surface area contributed by atoms with Gasteiger partial charge in [0.05, 0.1) is 16.7 Å². The van der Waals surface area contributed by atoms with E-state index in [2.05, 4.69) is 44.6 Å². The topological polar surface area (TPSA) is 105 Å². The molecule has 1 fully saturated rings. The molecule has 2 heterocycles. The Kier molecular flexibility index (Phi) is 9.76. The van der Waals surface area contributed by atoms with Crippen LogP contribution in [0.2, 0.25) is 0 Å². The molecule has 1 unspecified atom stereocenters. The van der Waals surface area contributed by atoms with Gasteiger partial charge in [0.25, 0.3) is 11.8 Å². The molecule has 0 bridgehead atoms. The van der Waals surface area contributed by atoms with E-state index in [9.17, 15) is 19.2 Å². The SMILES string of the molecule is C=CC=C.CC(C)(C)CCOC(C)(C)CCNc1cccc2c1C(=O)N(C1CCC(=O)NC1=O)C2=O. The van der Waals surface area contributed by atoms with Crippen molar-refractivity contribution in [1.82, 2.24) is 10.2 Å². The average molecular weight is 498 g/mol. The Morgan fingerprint density at radius 3 is 2.31 bits per heavy atom. The second-order valence-corrected chi connectivity index (χ2v) is 10.7. The van der Waals surface area contributed by atoms with Crippen molar-refractivity contribution in [2.24, 2.45) is 5.41 Å². The average Bonchev–Trinajstić information content (AvgIpc) is 3.04. The van der Waals surface area contributed by atoms with Crippen LogP contribution in [0.5, 0.6) is 0 Å². The van der Waals surface area contributed by atoms with Crippen LogP contribution >= 0.6 is 0 Å². The fourth-order valence-corrected chi connectivity index (χ4v) is 3.87. The molecule has 3 rings (SSSR count). The van der Waals surface area contributed by atoms with Gasteiger partial charge in [0, 0.05) is 25.3 Å². The number of ether oxygens (including phenoxy) is 1. The summed E-state index contributed by atoms with van der Waals surface area (Å²) in [4.78, 5) is 50.7. The van der Waals surface area contributed by atoms with Crippen molar-refractivity contribution in [3.8, 4) is 0 Å². The standard InChI is InChI=1S/C24H33N3O5.C4H6/c1-23(2,3)12-14-32-24(4,5)11-13-25-16-8-6-7-15-19(16)22(31)27(21(15)30)17-9-10-18(28)26-20(17)29;1-3-4-2/h6-8,17,25H,9-14H2,1-5H3,(H,26,28,29);3-4H,1-2H2. The number of allylic oxidation sites excluding steroid dienone is 2. The number of nitrogens with one attached hydrogen (secondary N) is 2. The summed E-state index contributed by atoms with van der Waals surface area (Å²) in [5, 5.41) is 5.48. The van der Waals surface area contributed by atoms with Gasteiger partial charge in [-0.05, 0) is 50.7 Å². The summed E-state index contributed by atoms with van der Waals surface area (Å²) in [6, 6.07) is 4.09. The first kappa shape index (κ1) is 29.0. The highest BCUT2D eigenvalue weighted by atomic mass is 16.5. The van der Waals surface area contributed by atoms with Gasteiger partial charge in [0.1, 0.15) is 6.04 Å². The first-order chi connectivity index (χ1) is 16.8. The Bertz CT molecular complexity index is 1020. The largest absolute Gasteiger partial charge is 0.384 e. The summed E-state index contributed by atoms with van der Waals surface area (Å²) in [6.45, 7) is 18.5. The number of piperidine rings is 1. The summed E-state index contributed by atoms with van der Waals surface area (Å²) in [7, 11) is 0. The molecule has 0 aliphatic carbocycles. The minimum atomic E-state index is -0.969. The van der Waals surface area contributed by atoms with Gasteiger partial charge in [-0.3, -0.25) is 29.4 Å². The molecule has 0 saturated carbocycles. The van der Waals surface area contributed by atoms with Crippen LogP contribution in [0.1, 0.15) is 81.0 Å². The first-order valence-electron chi connectivity index (χ1n) is 12.3. The van der Waals surface area contributed by atoms with E-state index in [0.29, 0.717) is 25.3 Å². The van der Waals surface area contributed by atoms with Gasteiger partial charge in [-0.25, -0.2) is 0 Å². The lowest BCUT2D eigenvalue weighted by Gasteiger charge is -2.28. The summed E-state index contributed by atoms with van der Waals surface area (Å²) >= 11 is 0. The van der Waals surface area contributed by atoms with Crippen molar-refractivity contribution in [2.45, 2.75) is 71.9 Å². The Morgan fingerprint density at radius 2 is 1.72 bits per heavy atom. The van der Waals surface area contributed by atoms with E-state index >= 15 is 0 Å². The molecular weight excluding hydrogens is 458 g/mol. The van der Waals surface area contributed by atoms with E-state index in [1.54, 1.807) is 30.4 Å². The second kappa shape index (κ2) is 12.1. The highest BCUT2D eigenvalue weighted by Gasteiger charge is 2.45. The molecule has 1 aromatic carbocycles. The lowest BCUT2D eigenvalue weighted by molar-refractivity contribution is -0.136. The molecule has 196 valence electrons. The van der Waals surface area contributed by atoms with E-state index in [0.717, 1.165) is 11.3 Å². The third kappa shape index (κ3) is 7.62. The van der Waals surface area contributed by atoms with Gasteiger partial charge in [-0.15, -0.1) is 0 Å². The normalized spacial score (nSPS) is 17.7. The van der Waals surface area contributed by atoms with Crippen molar-refractivity contribution >= 4 is 29.3 Å². The highest BCUT2D eigenvalue weighted by Crippen LogP contribution is 2.32. The molecule has 36 heavy (non-hydrogen) atoms. The number of imide groups is 2. The van der Waals surface area contributed by atoms with Gasteiger partial charge in [0.2, 0.25) is 11.8 Å². The van der Waals surface area contributed by atoms with Crippen molar-refractivity contribution in [3.05, 3.63) is 54.6 Å². The Hall–Kier alpha value is -3.26. The van der Waals surface area contributed by atoms with Crippen LogP contribution in [0.3, 0.4) is 0 Å². The smallest absolute Gasteiger partial charge is 0.264 e. The minimum Gasteiger partial charge on any atom is -0.384 e. The van der Waals surface area contributed by atoms with Crippen molar-refractivity contribution < 1.29 is 23.9 Å². The van der Waals surface area contributed by atoms with Crippen LogP contribution in [-0.4, -0.2) is 53.3 Å². The molecule has 1 aromatic rings. The number of hydrogen-bond acceptors (Lipinski definition) is 6. The van der Waals surface area contributed by atoms with Crippen LogP contribution in [-0.2, 0) is 14.3 Å². The zero-order valence-corrected chi connectivity index (χ0v) is 22.1. The lowest BCUT2D eigenvalue weighted by Crippen LogP contribution is -2.54. The number of anilines is 1. The molecule has 0 aromatic heterocycles. The number of benzene rings is 1. The van der Waals surface area contributed by atoms with Gasteiger partial charge in [-0.1, -0.05) is 52.1 Å². The van der Waals surface area contributed by atoms with E-state index in [1.807, 2.05) is 13.8 Å². The Morgan fingerprint density at radius 1 is 1.06 bits per heavy atom. The second-order valence-electron chi connectivity index (χ2n) is 10.7. The number of hydrogen-bond donors (Lipinski definition) is 2. The first-order valence-corrected chi connectivity index (χ1v) is 12.3. The summed E-state index contributed by atoms with van der Waals surface area (Å²) in [6.07, 6.45) is 5.18. The number of amides is 4. The maximum atomic E-state index is 13.1. The fraction of sp³-hybridized carbons (Fsp3) is 0.500. The van der Waals surface area contributed by atoms with E-state index in [1.165, 1.54) is 0 Å². The van der Waals surface area contributed by atoms with Gasteiger partial charge >= 0.3 is 0 Å². The zero-order valence-electron chi connectivity index (χ0n) is 22.1. The summed E-state index contributed by atoms with van der Waals surface area (Å²) < 4.78 is 6.05. The monoisotopic (exact) mass is 497 g/mol. The number of fused-ring (bicyclic) bond motifs is 1. The van der Waals surface area contributed by atoms with E-state index in [4.69, 9.17) is 4.74 Å². The molecule has 4 amide bonds. The van der Waals surface area contributed by atoms with Crippen molar-refractivity contribution in [2.75, 3.05) is 18.5 Å². The molecular formula is C28H39N3O5.